The number of rotatable bonds is 3. The second-order valence-corrected chi connectivity index (χ2v) is 4.41. The highest BCUT2D eigenvalue weighted by molar-refractivity contribution is 5.37. The van der Waals surface area contributed by atoms with Crippen LogP contribution in [0.25, 0.3) is 0 Å². The van der Waals surface area contributed by atoms with Gasteiger partial charge >= 0.3 is 0 Å². The number of ether oxygens (including phenoxy) is 1. The number of nitrogens with one attached hydrogen (secondary N) is 1. The Labute approximate surface area is 106 Å². The second kappa shape index (κ2) is 4.84. The zero-order chi connectivity index (χ0) is 12.4. The maximum absolute atomic E-state index is 5.44. The molecule has 4 nitrogen and oxygen atoms in total. The Morgan fingerprint density at radius 3 is 2.67 bits per heavy atom. The summed E-state index contributed by atoms with van der Waals surface area (Å²) in [5.74, 6) is 0. The van der Waals surface area contributed by atoms with Gasteiger partial charge in [0.05, 0.1) is 19.3 Å². The van der Waals surface area contributed by atoms with Crippen LogP contribution >= 0.6 is 0 Å². The summed E-state index contributed by atoms with van der Waals surface area (Å²) >= 11 is 0. The van der Waals surface area contributed by atoms with Crippen LogP contribution < -0.4 is 5.32 Å². The van der Waals surface area contributed by atoms with E-state index in [2.05, 4.69) is 33.5 Å². The van der Waals surface area contributed by atoms with Gasteiger partial charge < -0.3 is 10.1 Å². The fraction of sp³-hybridized carbons (Fsp3) is 0.286. The van der Waals surface area contributed by atoms with Crippen LogP contribution in [0.2, 0.25) is 0 Å². The highest BCUT2D eigenvalue weighted by Gasteiger charge is 2.16. The van der Waals surface area contributed by atoms with Crippen molar-refractivity contribution >= 4 is 0 Å². The lowest BCUT2D eigenvalue weighted by atomic mass is 9.97. The van der Waals surface area contributed by atoms with Crippen LogP contribution in [0.5, 0.6) is 0 Å². The molecule has 0 fully saturated rings. The summed E-state index contributed by atoms with van der Waals surface area (Å²) in [5.41, 5.74) is 4.86. The van der Waals surface area contributed by atoms with Crippen molar-refractivity contribution in [2.75, 3.05) is 7.05 Å². The van der Waals surface area contributed by atoms with Gasteiger partial charge in [-0.3, -0.25) is 0 Å². The van der Waals surface area contributed by atoms with Crippen LogP contribution in [-0.4, -0.2) is 17.0 Å². The molecule has 1 aromatic heterocycles. The van der Waals surface area contributed by atoms with Gasteiger partial charge in [-0.15, -0.1) is 0 Å². The fourth-order valence-corrected chi connectivity index (χ4v) is 2.36. The van der Waals surface area contributed by atoms with E-state index in [1.54, 1.807) is 6.33 Å². The Balaban J connectivity index is 1.97. The van der Waals surface area contributed by atoms with Crippen molar-refractivity contribution in [2.24, 2.45) is 0 Å². The number of hydrogen-bond acceptors (Lipinski definition) is 4. The van der Waals surface area contributed by atoms with Crippen molar-refractivity contribution in [3.63, 3.8) is 0 Å². The Hall–Kier alpha value is -1.78. The number of benzene rings is 1. The van der Waals surface area contributed by atoms with Crippen molar-refractivity contribution in [3.8, 4) is 0 Å². The van der Waals surface area contributed by atoms with E-state index >= 15 is 0 Å². The zero-order valence-corrected chi connectivity index (χ0v) is 10.3. The third-order valence-electron chi connectivity index (χ3n) is 3.28. The number of nitrogens with zero attached hydrogens (tertiary/aromatic N) is 2. The van der Waals surface area contributed by atoms with Crippen molar-refractivity contribution in [1.29, 1.82) is 0 Å². The number of hydrogen-bond donors (Lipinski definition) is 1. The molecule has 1 aromatic carbocycles. The Morgan fingerprint density at radius 2 is 1.89 bits per heavy atom. The lowest BCUT2D eigenvalue weighted by Crippen LogP contribution is -2.18. The molecule has 1 N–H and O–H groups in total. The molecule has 18 heavy (non-hydrogen) atoms. The van der Waals surface area contributed by atoms with E-state index in [1.165, 1.54) is 16.7 Å². The maximum Gasteiger partial charge on any atom is 0.115 e. The van der Waals surface area contributed by atoms with Gasteiger partial charge in [0.2, 0.25) is 0 Å². The first kappa shape index (κ1) is 11.3. The second-order valence-electron chi connectivity index (χ2n) is 4.41. The van der Waals surface area contributed by atoms with Crippen molar-refractivity contribution in [2.45, 2.75) is 19.3 Å². The summed E-state index contributed by atoms with van der Waals surface area (Å²) in [7, 11) is 1.95. The molecule has 2 heterocycles. The summed E-state index contributed by atoms with van der Waals surface area (Å²) in [6.45, 7) is 1.44. The summed E-state index contributed by atoms with van der Waals surface area (Å²) < 4.78 is 5.44. The van der Waals surface area contributed by atoms with E-state index in [9.17, 15) is 0 Å². The monoisotopic (exact) mass is 241 g/mol. The first-order chi connectivity index (χ1) is 8.88. The van der Waals surface area contributed by atoms with Crippen molar-refractivity contribution < 1.29 is 4.74 Å². The minimum atomic E-state index is 0.122. The molecule has 1 aliphatic heterocycles. The first-order valence-corrected chi connectivity index (χ1v) is 6.00. The van der Waals surface area contributed by atoms with E-state index in [-0.39, 0.29) is 6.04 Å². The smallest absolute Gasteiger partial charge is 0.115 e. The van der Waals surface area contributed by atoms with Crippen molar-refractivity contribution in [1.82, 2.24) is 15.3 Å². The largest absolute Gasteiger partial charge is 0.372 e. The minimum absolute atomic E-state index is 0.122. The van der Waals surface area contributed by atoms with Crippen molar-refractivity contribution in [3.05, 3.63) is 59.2 Å². The topological polar surface area (TPSA) is 47.0 Å². The highest BCUT2D eigenvalue weighted by Crippen LogP contribution is 2.26. The molecule has 1 aliphatic rings. The molecule has 0 radical (unpaired) electrons. The third kappa shape index (κ3) is 2.00. The van der Waals surface area contributed by atoms with E-state index in [4.69, 9.17) is 4.74 Å². The molecule has 0 bridgehead atoms. The van der Waals surface area contributed by atoms with Gasteiger partial charge in [0.25, 0.3) is 0 Å². The molecule has 0 saturated heterocycles. The molecule has 4 heteroatoms. The summed E-state index contributed by atoms with van der Waals surface area (Å²) in [5, 5.41) is 3.30. The van der Waals surface area contributed by atoms with Gasteiger partial charge in [-0.1, -0.05) is 18.2 Å². The van der Waals surface area contributed by atoms with Gasteiger partial charge in [-0.2, -0.15) is 0 Å². The molecule has 3 rings (SSSR count). The summed E-state index contributed by atoms with van der Waals surface area (Å²) in [4.78, 5) is 8.15. The minimum Gasteiger partial charge on any atom is -0.372 e. The Kier molecular flexibility index (Phi) is 3.04. The first-order valence-electron chi connectivity index (χ1n) is 6.00. The Morgan fingerprint density at radius 1 is 1.11 bits per heavy atom. The molecular weight excluding hydrogens is 226 g/mol. The average molecular weight is 241 g/mol. The lowest BCUT2D eigenvalue weighted by Gasteiger charge is -2.17. The quantitative estimate of drug-likeness (QED) is 0.890. The third-order valence-corrected chi connectivity index (χ3v) is 3.28. The predicted molar refractivity (Wildman–Crippen MR) is 67.9 cm³/mol. The standard InChI is InChI=1S/C14H15N3O/c1-15-14(13-5-16-9-17-6-13)10-2-3-11-7-18-8-12(11)4-10/h2-6,9,14-15H,7-8H2,1H3. The molecule has 2 aromatic rings. The van der Waals surface area contributed by atoms with E-state index in [0.29, 0.717) is 6.61 Å². The SMILES string of the molecule is CNC(c1cncnc1)c1ccc2c(c1)COC2. The molecule has 0 amide bonds. The van der Waals surface area contributed by atoms with Gasteiger partial charge in [0, 0.05) is 18.0 Å². The van der Waals surface area contributed by atoms with Gasteiger partial charge in [0.1, 0.15) is 6.33 Å². The molecule has 1 atom stereocenters. The molecule has 92 valence electrons. The van der Waals surface area contributed by atoms with E-state index < -0.39 is 0 Å². The normalized spacial score (nSPS) is 15.4. The zero-order valence-electron chi connectivity index (χ0n) is 10.3. The molecule has 1 unspecified atom stereocenters. The van der Waals surface area contributed by atoms with Crippen LogP contribution in [0.1, 0.15) is 28.3 Å². The van der Waals surface area contributed by atoms with Crippen LogP contribution in [0.15, 0.2) is 36.9 Å². The molecule has 0 aliphatic carbocycles. The molecule has 0 saturated carbocycles. The average Bonchev–Trinajstić information content (AvgIpc) is 2.88. The van der Waals surface area contributed by atoms with Crippen LogP contribution in [-0.2, 0) is 18.0 Å². The summed E-state index contributed by atoms with van der Waals surface area (Å²) in [6.07, 6.45) is 5.24. The fourth-order valence-electron chi connectivity index (χ4n) is 2.36. The van der Waals surface area contributed by atoms with Gasteiger partial charge in [-0.25, -0.2) is 9.97 Å². The Bertz CT molecular complexity index is 542. The van der Waals surface area contributed by atoms with Crippen LogP contribution in [0, 0.1) is 0 Å². The van der Waals surface area contributed by atoms with Crippen LogP contribution in [0.3, 0.4) is 0 Å². The van der Waals surface area contributed by atoms with Gasteiger partial charge in [-0.05, 0) is 23.7 Å². The van der Waals surface area contributed by atoms with E-state index in [1.807, 2.05) is 19.4 Å². The predicted octanol–water partition coefficient (Wildman–Crippen LogP) is 1.82. The number of fused-ring (bicyclic) bond motifs is 1. The summed E-state index contributed by atoms with van der Waals surface area (Å²) in [6, 6.07) is 6.61. The molecular formula is C14H15N3O. The van der Waals surface area contributed by atoms with Crippen LogP contribution in [0.4, 0.5) is 0 Å². The lowest BCUT2D eigenvalue weighted by molar-refractivity contribution is 0.134. The van der Waals surface area contributed by atoms with E-state index in [0.717, 1.165) is 12.2 Å². The highest BCUT2D eigenvalue weighted by atomic mass is 16.5. The molecule has 0 spiro atoms. The van der Waals surface area contributed by atoms with Gasteiger partial charge in [0.15, 0.2) is 0 Å². The number of aromatic nitrogens is 2. The maximum atomic E-state index is 5.44.